The normalized spacial score (nSPS) is 10.1. The Labute approximate surface area is 104 Å². The second-order valence-corrected chi connectivity index (χ2v) is 3.73. The number of hydrogen-bond acceptors (Lipinski definition) is 5. The summed E-state index contributed by atoms with van der Waals surface area (Å²) in [5.41, 5.74) is 1.48. The largest absolute Gasteiger partial charge is 0.364 e. The fraction of sp³-hybridized carbons (Fsp3) is 0.167. The lowest BCUT2D eigenvalue weighted by Gasteiger charge is -2.07. The van der Waals surface area contributed by atoms with Crippen LogP contribution in [0.5, 0.6) is 0 Å². The Morgan fingerprint density at radius 1 is 1.28 bits per heavy atom. The zero-order valence-electron chi connectivity index (χ0n) is 9.83. The van der Waals surface area contributed by atoms with Gasteiger partial charge < -0.3 is 5.32 Å². The molecule has 2 aromatic rings. The molecule has 0 atom stereocenters. The van der Waals surface area contributed by atoms with Crippen LogP contribution in [0.3, 0.4) is 0 Å². The SMILES string of the molecule is Cc1nccnc1NCc1ccccc1[N+](=O)[O-]. The number of nitrogens with one attached hydrogen (secondary N) is 1. The second-order valence-electron chi connectivity index (χ2n) is 3.73. The molecule has 0 saturated carbocycles. The maximum absolute atomic E-state index is 10.8. The summed E-state index contributed by atoms with van der Waals surface area (Å²) in [5, 5.41) is 13.9. The zero-order chi connectivity index (χ0) is 13.0. The van der Waals surface area contributed by atoms with Crippen LogP contribution >= 0.6 is 0 Å². The lowest BCUT2D eigenvalue weighted by molar-refractivity contribution is -0.385. The van der Waals surface area contributed by atoms with Crippen LogP contribution in [0.1, 0.15) is 11.3 Å². The van der Waals surface area contributed by atoms with Crippen LogP contribution in [-0.4, -0.2) is 14.9 Å². The number of nitro benzene ring substituents is 1. The van der Waals surface area contributed by atoms with Crippen molar-refractivity contribution in [1.82, 2.24) is 9.97 Å². The molecule has 0 bridgehead atoms. The van der Waals surface area contributed by atoms with Crippen LogP contribution in [0.4, 0.5) is 11.5 Å². The van der Waals surface area contributed by atoms with Gasteiger partial charge in [0.2, 0.25) is 0 Å². The Morgan fingerprint density at radius 2 is 2.00 bits per heavy atom. The van der Waals surface area contributed by atoms with E-state index in [1.807, 2.05) is 6.92 Å². The summed E-state index contributed by atoms with van der Waals surface area (Å²) in [4.78, 5) is 18.7. The predicted molar refractivity (Wildman–Crippen MR) is 67.2 cm³/mol. The Balaban J connectivity index is 2.16. The van der Waals surface area contributed by atoms with Crippen molar-refractivity contribution in [1.29, 1.82) is 0 Å². The fourth-order valence-corrected chi connectivity index (χ4v) is 1.60. The van der Waals surface area contributed by atoms with E-state index in [-0.39, 0.29) is 10.6 Å². The van der Waals surface area contributed by atoms with Crippen LogP contribution in [0.15, 0.2) is 36.7 Å². The van der Waals surface area contributed by atoms with Crippen molar-refractivity contribution in [2.24, 2.45) is 0 Å². The molecule has 1 heterocycles. The topological polar surface area (TPSA) is 81.0 Å². The summed E-state index contributed by atoms with van der Waals surface area (Å²) in [6, 6.07) is 6.63. The fourth-order valence-electron chi connectivity index (χ4n) is 1.60. The summed E-state index contributed by atoms with van der Waals surface area (Å²) >= 11 is 0. The maximum Gasteiger partial charge on any atom is 0.274 e. The van der Waals surface area contributed by atoms with Crippen LogP contribution in [0, 0.1) is 17.0 Å². The van der Waals surface area contributed by atoms with Gasteiger partial charge in [-0.25, -0.2) is 4.98 Å². The molecule has 2 rings (SSSR count). The van der Waals surface area contributed by atoms with E-state index < -0.39 is 0 Å². The van der Waals surface area contributed by atoms with Gasteiger partial charge in [-0.05, 0) is 6.92 Å². The molecule has 0 fully saturated rings. The standard InChI is InChI=1S/C12H12N4O2/c1-9-12(14-7-6-13-9)15-8-10-4-2-3-5-11(10)16(17)18/h2-7H,8H2,1H3,(H,14,15). The minimum atomic E-state index is -0.388. The average molecular weight is 244 g/mol. The van der Waals surface area contributed by atoms with Gasteiger partial charge in [-0.2, -0.15) is 0 Å². The van der Waals surface area contributed by atoms with Crippen molar-refractivity contribution >= 4 is 11.5 Å². The van der Waals surface area contributed by atoms with Gasteiger partial charge in [0.25, 0.3) is 5.69 Å². The first-order valence-electron chi connectivity index (χ1n) is 5.42. The van der Waals surface area contributed by atoms with Gasteiger partial charge in [0, 0.05) is 30.6 Å². The monoisotopic (exact) mass is 244 g/mol. The number of para-hydroxylation sites is 1. The van der Waals surface area contributed by atoms with Crippen molar-refractivity contribution < 1.29 is 4.92 Å². The van der Waals surface area contributed by atoms with Crippen molar-refractivity contribution in [3.8, 4) is 0 Å². The highest BCUT2D eigenvalue weighted by molar-refractivity contribution is 5.44. The van der Waals surface area contributed by atoms with Crippen LogP contribution in [-0.2, 0) is 6.54 Å². The molecule has 1 N–H and O–H groups in total. The molecule has 18 heavy (non-hydrogen) atoms. The van der Waals surface area contributed by atoms with E-state index in [1.165, 1.54) is 6.07 Å². The van der Waals surface area contributed by atoms with Gasteiger partial charge in [0.1, 0.15) is 5.82 Å². The molecular weight excluding hydrogens is 232 g/mol. The lowest BCUT2D eigenvalue weighted by Crippen LogP contribution is -2.06. The van der Waals surface area contributed by atoms with Gasteiger partial charge in [0.05, 0.1) is 10.6 Å². The Hall–Kier alpha value is -2.50. The highest BCUT2D eigenvalue weighted by Crippen LogP contribution is 2.19. The highest BCUT2D eigenvalue weighted by atomic mass is 16.6. The van der Waals surface area contributed by atoms with Crippen LogP contribution in [0.25, 0.3) is 0 Å². The first kappa shape index (κ1) is 12.0. The van der Waals surface area contributed by atoms with Gasteiger partial charge in [-0.1, -0.05) is 18.2 Å². The van der Waals surface area contributed by atoms with E-state index in [1.54, 1.807) is 30.6 Å². The molecule has 0 aliphatic heterocycles. The molecule has 1 aromatic carbocycles. The van der Waals surface area contributed by atoms with Crippen molar-refractivity contribution in [2.45, 2.75) is 13.5 Å². The number of benzene rings is 1. The number of nitro groups is 1. The highest BCUT2D eigenvalue weighted by Gasteiger charge is 2.12. The Morgan fingerprint density at radius 3 is 2.72 bits per heavy atom. The van der Waals surface area contributed by atoms with Crippen molar-refractivity contribution in [3.63, 3.8) is 0 Å². The predicted octanol–water partition coefficient (Wildman–Crippen LogP) is 2.31. The molecule has 0 aliphatic carbocycles. The molecule has 0 amide bonds. The minimum Gasteiger partial charge on any atom is -0.364 e. The molecule has 92 valence electrons. The molecular formula is C12H12N4O2. The first-order chi connectivity index (χ1) is 8.68. The molecule has 0 radical (unpaired) electrons. The van der Waals surface area contributed by atoms with Crippen molar-refractivity contribution in [3.05, 3.63) is 58.0 Å². The quantitative estimate of drug-likeness (QED) is 0.659. The van der Waals surface area contributed by atoms with Gasteiger partial charge >= 0.3 is 0 Å². The number of anilines is 1. The molecule has 0 spiro atoms. The maximum atomic E-state index is 10.8. The third-order valence-corrected chi connectivity index (χ3v) is 2.52. The van der Waals surface area contributed by atoms with E-state index in [4.69, 9.17) is 0 Å². The Kier molecular flexibility index (Phi) is 3.47. The number of aryl methyl sites for hydroxylation is 1. The molecule has 0 aliphatic rings. The summed E-state index contributed by atoms with van der Waals surface area (Å²) in [6.07, 6.45) is 3.18. The average Bonchev–Trinajstić information content (AvgIpc) is 2.38. The summed E-state index contributed by atoms with van der Waals surface area (Å²) in [5.74, 6) is 0.635. The summed E-state index contributed by atoms with van der Waals surface area (Å²) in [7, 11) is 0. The van der Waals surface area contributed by atoms with Crippen molar-refractivity contribution in [2.75, 3.05) is 5.32 Å². The number of hydrogen-bond donors (Lipinski definition) is 1. The summed E-state index contributed by atoms with van der Waals surface area (Å²) < 4.78 is 0. The third-order valence-electron chi connectivity index (χ3n) is 2.52. The number of nitrogens with zero attached hydrogens (tertiary/aromatic N) is 3. The molecule has 0 unspecified atom stereocenters. The zero-order valence-corrected chi connectivity index (χ0v) is 9.83. The summed E-state index contributed by atoms with van der Waals surface area (Å²) in [6.45, 7) is 2.17. The van der Waals surface area contributed by atoms with E-state index in [0.717, 1.165) is 5.69 Å². The number of aromatic nitrogens is 2. The molecule has 6 heteroatoms. The minimum absolute atomic E-state index is 0.103. The van der Waals surface area contributed by atoms with E-state index in [9.17, 15) is 10.1 Å². The second kappa shape index (κ2) is 5.22. The smallest absolute Gasteiger partial charge is 0.274 e. The van der Waals surface area contributed by atoms with Gasteiger partial charge in [0.15, 0.2) is 0 Å². The third kappa shape index (κ3) is 2.60. The van der Waals surface area contributed by atoms with Gasteiger partial charge in [-0.15, -0.1) is 0 Å². The van der Waals surface area contributed by atoms with Crippen LogP contribution in [0.2, 0.25) is 0 Å². The van der Waals surface area contributed by atoms with E-state index in [2.05, 4.69) is 15.3 Å². The van der Waals surface area contributed by atoms with Gasteiger partial charge in [-0.3, -0.25) is 15.1 Å². The van der Waals surface area contributed by atoms with E-state index in [0.29, 0.717) is 17.9 Å². The molecule has 0 saturated heterocycles. The number of rotatable bonds is 4. The first-order valence-corrected chi connectivity index (χ1v) is 5.42. The molecule has 1 aromatic heterocycles. The lowest BCUT2D eigenvalue weighted by atomic mass is 10.2. The van der Waals surface area contributed by atoms with E-state index >= 15 is 0 Å². The molecule has 6 nitrogen and oxygen atoms in total. The van der Waals surface area contributed by atoms with Crippen LogP contribution < -0.4 is 5.32 Å². The Bertz CT molecular complexity index is 572.